The Bertz CT molecular complexity index is 1020. The molecule has 0 bridgehead atoms. The van der Waals surface area contributed by atoms with E-state index >= 15 is 0 Å². The summed E-state index contributed by atoms with van der Waals surface area (Å²) >= 11 is 6.09. The fourth-order valence-electron chi connectivity index (χ4n) is 3.66. The predicted molar refractivity (Wildman–Crippen MR) is 117 cm³/mol. The van der Waals surface area contributed by atoms with Gasteiger partial charge in [-0.2, -0.15) is 0 Å². The van der Waals surface area contributed by atoms with E-state index in [0.29, 0.717) is 49.4 Å². The summed E-state index contributed by atoms with van der Waals surface area (Å²) < 4.78 is 14.5. The fourth-order valence-corrected chi connectivity index (χ4v) is 3.83. The third-order valence-corrected chi connectivity index (χ3v) is 5.45. The molecule has 1 unspecified atom stereocenters. The minimum absolute atomic E-state index is 0.152. The van der Waals surface area contributed by atoms with Crippen LogP contribution in [-0.2, 0) is 6.42 Å². The molecule has 9 heteroatoms. The Kier molecular flexibility index (Phi) is 6.90. The Morgan fingerprint density at radius 1 is 1.16 bits per heavy atom. The number of nitrogens with zero attached hydrogens (tertiary/aromatic N) is 3. The Labute approximate surface area is 184 Å². The Balaban J connectivity index is 1.76. The summed E-state index contributed by atoms with van der Waals surface area (Å²) in [4.78, 5) is 38.6. The molecule has 0 spiro atoms. The molecule has 1 atom stereocenters. The molecule has 1 saturated heterocycles. The van der Waals surface area contributed by atoms with Crippen molar-refractivity contribution in [3.63, 3.8) is 0 Å². The maximum Gasteiger partial charge on any atom is 0.270 e. The number of hydrogen-bond donors (Lipinski definition) is 0. The lowest BCUT2D eigenvalue weighted by Crippen LogP contribution is -2.49. The van der Waals surface area contributed by atoms with Crippen molar-refractivity contribution in [3.05, 3.63) is 69.0 Å². The highest BCUT2D eigenvalue weighted by Gasteiger charge is 2.27. The summed E-state index contributed by atoms with van der Waals surface area (Å²) in [5, 5.41) is 10.9. The maximum atomic E-state index is 14.5. The number of piperazine rings is 1. The summed E-state index contributed by atoms with van der Waals surface area (Å²) in [6.07, 6.45) is 0.411. The molecule has 7 nitrogen and oxygen atoms in total. The number of amides is 1. The zero-order chi connectivity index (χ0) is 22.7. The van der Waals surface area contributed by atoms with E-state index in [9.17, 15) is 24.1 Å². The molecular weight excluding hydrogens is 425 g/mol. The normalized spacial score (nSPS) is 15.0. The highest BCUT2D eigenvalue weighted by molar-refractivity contribution is 6.20. The van der Waals surface area contributed by atoms with Crippen LogP contribution in [0.5, 0.6) is 0 Å². The first-order valence-corrected chi connectivity index (χ1v) is 10.4. The van der Waals surface area contributed by atoms with Gasteiger partial charge in [-0.1, -0.05) is 6.07 Å². The lowest BCUT2D eigenvalue weighted by molar-refractivity contribution is -0.384. The first-order chi connectivity index (χ1) is 14.7. The standard InChI is InChI=1S/C22H23ClFN3O4/c1-14(23)11-17-3-5-18(27(30)31)13-19(17)22(29)26-9-7-25(8-10-26)21-6-4-16(15(2)28)12-20(21)24/h3-6,12-14H,7-11H2,1-2H3. The summed E-state index contributed by atoms with van der Waals surface area (Å²) in [6.45, 7) is 4.65. The number of rotatable bonds is 6. The van der Waals surface area contributed by atoms with Crippen LogP contribution in [0.25, 0.3) is 0 Å². The highest BCUT2D eigenvalue weighted by atomic mass is 35.5. The number of nitro benzene ring substituents is 1. The molecule has 1 aliphatic heterocycles. The Hall–Kier alpha value is -3.00. The molecule has 0 aromatic heterocycles. The number of halogens is 2. The third kappa shape index (κ3) is 5.19. The van der Waals surface area contributed by atoms with E-state index in [0.717, 1.165) is 0 Å². The number of carbonyl (C=O) groups excluding carboxylic acids is 2. The van der Waals surface area contributed by atoms with E-state index < -0.39 is 10.7 Å². The van der Waals surface area contributed by atoms with Crippen molar-refractivity contribution in [1.29, 1.82) is 0 Å². The van der Waals surface area contributed by atoms with E-state index in [1.54, 1.807) is 30.0 Å². The van der Waals surface area contributed by atoms with E-state index in [2.05, 4.69) is 0 Å². The van der Waals surface area contributed by atoms with E-state index in [-0.39, 0.29) is 28.3 Å². The van der Waals surface area contributed by atoms with Crippen molar-refractivity contribution < 1.29 is 18.9 Å². The maximum absolute atomic E-state index is 14.5. The summed E-state index contributed by atoms with van der Waals surface area (Å²) in [5.41, 5.74) is 1.46. The minimum atomic E-state index is -0.532. The van der Waals surface area contributed by atoms with Crippen LogP contribution in [0.3, 0.4) is 0 Å². The van der Waals surface area contributed by atoms with Gasteiger partial charge in [-0.15, -0.1) is 11.6 Å². The topological polar surface area (TPSA) is 83.8 Å². The molecule has 1 fully saturated rings. The van der Waals surface area contributed by atoms with Gasteiger partial charge in [-0.25, -0.2) is 4.39 Å². The van der Waals surface area contributed by atoms with E-state index in [4.69, 9.17) is 11.6 Å². The van der Waals surface area contributed by atoms with Crippen LogP contribution in [0.15, 0.2) is 36.4 Å². The average Bonchev–Trinajstić information content (AvgIpc) is 2.73. The smallest absolute Gasteiger partial charge is 0.270 e. The largest absolute Gasteiger partial charge is 0.366 e. The van der Waals surface area contributed by atoms with Gasteiger partial charge in [0.05, 0.1) is 10.6 Å². The number of ketones is 1. The minimum Gasteiger partial charge on any atom is -0.366 e. The van der Waals surface area contributed by atoms with Gasteiger partial charge in [0.25, 0.3) is 11.6 Å². The average molecular weight is 448 g/mol. The number of hydrogen-bond acceptors (Lipinski definition) is 5. The van der Waals surface area contributed by atoms with Crippen LogP contribution in [0, 0.1) is 15.9 Å². The highest BCUT2D eigenvalue weighted by Crippen LogP contribution is 2.25. The van der Waals surface area contributed by atoms with Gasteiger partial charge in [-0.05, 0) is 44.0 Å². The number of Topliss-reactive ketones (excluding diaryl/α,β-unsaturated/α-hetero) is 1. The monoisotopic (exact) mass is 447 g/mol. The van der Waals surface area contributed by atoms with Crippen molar-refractivity contribution in [3.8, 4) is 0 Å². The van der Waals surface area contributed by atoms with E-state index in [1.165, 1.54) is 25.1 Å². The van der Waals surface area contributed by atoms with Gasteiger partial charge in [0.15, 0.2) is 5.78 Å². The molecule has 31 heavy (non-hydrogen) atoms. The second kappa shape index (κ2) is 9.43. The van der Waals surface area contributed by atoms with Gasteiger partial charge < -0.3 is 9.80 Å². The lowest BCUT2D eigenvalue weighted by Gasteiger charge is -2.36. The first-order valence-electron chi connectivity index (χ1n) is 9.93. The van der Waals surface area contributed by atoms with Gasteiger partial charge in [0.1, 0.15) is 5.82 Å². The van der Waals surface area contributed by atoms with Crippen molar-refractivity contribution in [2.24, 2.45) is 0 Å². The molecule has 1 heterocycles. The molecule has 1 aliphatic rings. The number of benzene rings is 2. The quantitative estimate of drug-likeness (QED) is 0.288. The summed E-state index contributed by atoms with van der Waals surface area (Å²) in [6, 6.07) is 8.62. The van der Waals surface area contributed by atoms with Gasteiger partial charge in [0.2, 0.25) is 0 Å². The fraction of sp³-hybridized carbons (Fsp3) is 0.364. The molecule has 2 aromatic rings. The first kappa shape index (κ1) is 22.7. The van der Waals surface area contributed by atoms with Gasteiger partial charge in [-0.3, -0.25) is 19.7 Å². The number of alkyl halides is 1. The van der Waals surface area contributed by atoms with Crippen LogP contribution < -0.4 is 4.90 Å². The number of anilines is 1. The van der Waals surface area contributed by atoms with Crippen LogP contribution in [0.4, 0.5) is 15.8 Å². The van der Waals surface area contributed by atoms with Crippen molar-refractivity contribution >= 4 is 34.7 Å². The molecule has 164 valence electrons. The van der Waals surface area contributed by atoms with Gasteiger partial charge in [0, 0.05) is 54.8 Å². The molecular formula is C22H23ClFN3O4. The molecule has 1 amide bonds. The van der Waals surface area contributed by atoms with Crippen LogP contribution in [-0.4, -0.2) is 53.1 Å². The van der Waals surface area contributed by atoms with Crippen molar-refractivity contribution in [1.82, 2.24) is 4.90 Å². The third-order valence-electron chi connectivity index (χ3n) is 5.30. The predicted octanol–water partition coefficient (Wildman–Crippen LogP) is 4.07. The number of nitro groups is 1. The summed E-state index contributed by atoms with van der Waals surface area (Å²) in [7, 11) is 0. The number of non-ortho nitro benzene ring substituents is 1. The zero-order valence-electron chi connectivity index (χ0n) is 17.3. The second-order valence-electron chi connectivity index (χ2n) is 7.59. The molecule has 0 N–H and O–H groups in total. The van der Waals surface area contributed by atoms with Crippen LogP contribution >= 0.6 is 11.6 Å². The molecule has 3 rings (SSSR count). The van der Waals surface area contributed by atoms with Gasteiger partial charge >= 0.3 is 0 Å². The summed E-state index contributed by atoms with van der Waals surface area (Å²) in [5.74, 6) is -0.993. The molecule has 2 aromatic carbocycles. The van der Waals surface area contributed by atoms with Crippen LogP contribution in [0.1, 0.15) is 40.1 Å². The molecule has 0 radical (unpaired) electrons. The van der Waals surface area contributed by atoms with E-state index in [1.807, 2.05) is 4.90 Å². The Morgan fingerprint density at radius 2 is 1.84 bits per heavy atom. The Morgan fingerprint density at radius 3 is 2.39 bits per heavy atom. The lowest BCUT2D eigenvalue weighted by atomic mass is 10.0. The molecule has 0 aliphatic carbocycles. The van der Waals surface area contributed by atoms with Crippen LogP contribution in [0.2, 0.25) is 0 Å². The second-order valence-corrected chi connectivity index (χ2v) is 8.33. The van der Waals surface area contributed by atoms with Crippen molar-refractivity contribution in [2.45, 2.75) is 25.6 Å². The number of carbonyl (C=O) groups is 2. The SMILES string of the molecule is CC(=O)c1ccc(N2CCN(C(=O)c3cc([N+](=O)[O-])ccc3CC(C)Cl)CC2)c(F)c1. The molecule has 0 saturated carbocycles. The zero-order valence-corrected chi connectivity index (χ0v) is 18.1. The van der Waals surface area contributed by atoms with Crippen molar-refractivity contribution in [2.75, 3.05) is 31.1 Å².